The van der Waals surface area contributed by atoms with Crippen LogP contribution in [-0.4, -0.2) is 21.5 Å². The molecule has 1 fully saturated rings. The Labute approximate surface area is 125 Å². The fraction of sp³-hybridized carbons (Fsp3) is 0.562. The third-order valence-corrected chi connectivity index (χ3v) is 4.33. The predicted molar refractivity (Wildman–Crippen MR) is 81.3 cm³/mol. The molecule has 0 bridgehead atoms. The highest BCUT2D eigenvalue weighted by atomic mass is 16.3. The SMILES string of the molecule is Cc1nn(CCO)c(NCc2ccc(C3CC3C)o2)c1C. The molecule has 2 aromatic rings. The third kappa shape index (κ3) is 2.83. The third-order valence-electron chi connectivity index (χ3n) is 4.33. The van der Waals surface area contributed by atoms with E-state index in [2.05, 4.69) is 23.4 Å². The first-order valence-electron chi connectivity index (χ1n) is 7.57. The van der Waals surface area contributed by atoms with Crippen molar-refractivity contribution in [3.63, 3.8) is 0 Å². The molecule has 2 heterocycles. The van der Waals surface area contributed by atoms with E-state index in [-0.39, 0.29) is 6.61 Å². The lowest BCUT2D eigenvalue weighted by atomic mass is 10.2. The second-order valence-electron chi connectivity index (χ2n) is 5.98. The number of hydrogen-bond acceptors (Lipinski definition) is 4. The number of hydrogen-bond donors (Lipinski definition) is 2. The molecule has 21 heavy (non-hydrogen) atoms. The molecular formula is C16H23N3O2. The summed E-state index contributed by atoms with van der Waals surface area (Å²) in [5, 5.41) is 16.9. The van der Waals surface area contributed by atoms with Gasteiger partial charge in [0.2, 0.25) is 0 Å². The quantitative estimate of drug-likeness (QED) is 0.858. The Morgan fingerprint density at radius 3 is 2.86 bits per heavy atom. The Balaban J connectivity index is 1.68. The largest absolute Gasteiger partial charge is 0.464 e. The lowest BCUT2D eigenvalue weighted by Gasteiger charge is -2.09. The van der Waals surface area contributed by atoms with Crippen molar-refractivity contribution in [2.24, 2.45) is 5.92 Å². The summed E-state index contributed by atoms with van der Waals surface area (Å²) in [7, 11) is 0. The van der Waals surface area contributed by atoms with Gasteiger partial charge in [-0.1, -0.05) is 6.92 Å². The molecule has 0 saturated heterocycles. The Morgan fingerprint density at radius 1 is 1.43 bits per heavy atom. The number of nitrogens with one attached hydrogen (secondary N) is 1. The number of rotatable bonds is 6. The van der Waals surface area contributed by atoms with Crippen molar-refractivity contribution >= 4 is 5.82 Å². The van der Waals surface area contributed by atoms with Gasteiger partial charge in [0.25, 0.3) is 0 Å². The van der Waals surface area contributed by atoms with Crippen LogP contribution in [0.5, 0.6) is 0 Å². The number of aliphatic hydroxyl groups excluding tert-OH is 1. The maximum atomic E-state index is 9.12. The molecule has 2 unspecified atom stereocenters. The fourth-order valence-electron chi connectivity index (χ4n) is 2.73. The van der Waals surface area contributed by atoms with Crippen LogP contribution < -0.4 is 5.32 Å². The Bertz CT molecular complexity index is 630. The molecule has 1 saturated carbocycles. The number of furan rings is 1. The summed E-state index contributed by atoms with van der Waals surface area (Å²) < 4.78 is 7.72. The monoisotopic (exact) mass is 289 g/mol. The van der Waals surface area contributed by atoms with E-state index in [4.69, 9.17) is 9.52 Å². The minimum Gasteiger partial charge on any atom is -0.464 e. The summed E-state index contributed by atoms with van der Waals surface area (Å²) in [6.07, 6.45) is 1.24. The van der Waals surface area contributed by atoms with Crippen molar-refractivity contribution in [2.45, 2.75) is 46.2 Å². The molecule has 0 amide bonds. The van der Waals surface area contributed by atoms with Gasteiger partial charge >= 0.3 is 0 Å². The van der Waals surface area contributed by atoms with E-state index in [9.17, 15) is 0 Å². The molecule has 1 aliphatic rings. The van der Waals surface area contributed by atoms with Crippen LogP contribution >= 0.6 is 0 Å². The van der Waals surface area contributed by atoms with Crippen molar-refractivity contribution in [2.75, 3.05) is 11.9 Å². The minimum absolute atomic E-state index is 0.0830. The molecular weight excluding hydrogens is 266 g/mol. The normalized spacial score (nSPS) is 20.8. The summed E-state index contributed by atoms with van der Waals surface area (Å²) in [4.78, 5) is 0. The van der Waals surface area contributed by atoms with E-state index in [1.807, 2.05) is 24.6 Å². The average Bonchev–Trinajstić information content (AvgIpc) is 2.90. The van der Waals surface area contributed by atoms with Crippen LogP contribution in [0.3, 0.4) is 0 Å². The zero-order valence-electron chi connectivity index (χ0n) is 12.9. The molecule has 0 radical (unpaired) electrons. The van der Waals surface area contributed by atoms with E-state index in [0.717, 1.165) is 34.5 Å². The number of aliphatic hydroxyl groups is 1. The molecule has 3 rings (SSSR count). The van der Waals surface area contributed by atoms with Gasteiger partial charge in [0.1, 0.15) is 17.3 Å². The van der Waals surface area contributed by atoms with E-state index in [1.165, 1.54) is 6.42 Å². The van der Waals surface area contributed by atoms with Gasteiger partial charge in [-0.15, -0.1) is 0 Å². The predicted octanol–water partition coefficient (Wildman–Crippen LogP) is 2.82. The first-order chi connectivity index (χ1) is 10.1. The van der Waals surface area contributed by atoms with Crippen molar-refractivity contribution < 1.29 is 9.52 Å². The molecule has 2 atom stereocenters. The molecule has 2 N–H and O–H groups in total. The second-order valence-corrected chi connectivity index (χ2v) is 5.98. The molecule has 114 valence electrons. The van der Waals surface area contributed by atoms with Crippen molar-refractivity contribution in [1.29, 1.82) is 0 Å². The zero-order valence-corrected chi connectivity index (χ0v) is 12.9. The fourth-order valence-corrected chi connectivity index (χ4v) is 2.73. The van der Waals surface area contributed by atoms with Crippen LogP contribution in [0.1, 0.15) is 42.0 Å². The van der Waals surface area contributed by atoms with Crippen LogP contribution in [0.15, 0.2) is 16.5 Å². The molecule has 0 spiro atoms. The molecule has 5 nitrogen and oxygen atoms in total. The topological polar surface area (TPSA) is 63.2 Å². The first-order valence-corrected chi connectivity index (χ1v) is 7.57. The van der Waals surface area contributed by atoms with Gasteiger partial charge in [-0.05, 0) is 38.3 Å². The number of aromatic nitrogens is 2. The number of anilines is 1. The smallest absolute Gasteiger partial charge is 0.127 e. The zero-order chi connectivity index (χ0) is 15.0. The average molecular weight is 289 g/mol. The highest BCUT2D eigenvalue weighted by Crippen LogP contribution is 2.47. The summed E-state index contributed by atoms with van der Waals surface area (Å²) in [6.45, 7) is 7.49. The van der Waals surface area contributed by atoms with Gasteiger partial charge in [-0.3, -0.25) is 0 Å². The lowest BCUT2D eigenvalue weighted by Crippen LogP contribution is -2.10. The lowest BCUT2D eigenvalue weighted by molar-refractivity contribution is 0.270. The standard InChI is InChI=1S/C16H23N3O2/c1-10-8-14(10)15-5-4-13(21-15)9-17-16-11(2)12(3)18-19(16)6-7-20/h4-5,10,14,17,20H,6-9H2,1-3H3. The molecule has 0 aliphatic heterocycles. The highest BCUT2D eigenvalue weighted by Gasteiger charge is 2.36. The summed E-state index contributed by atoms with van der Waals surface area (Å²) >= 11 is 0. The van der Waals surface area contributed by atoms with Crippen LogP contribution in [0.25, 0.3) is 0 Å². The second kappa shape index (κ2) is 5.56. The van der Waals surface area contributed by atoms with Gasteiger partial charge in [0.15, 0.2) is 0 Å². The maximum Gasteiger partial charge on any atom is 0.127 e. The van der Waals surface area contributed by atoms with Gasteiger partial charge in [0, 0.05) is 11.5 Å². The molecule has 0 aromatic carbocycles. The first kappa shape index (κ1) is 14.2. The minimum atomic E-state index is 0.0830. The van der Waals surface area contributed by atoms with Crippen LogP contribution in [-0.2, 0) is 13.1 Å². The van der Waals surface area contributed by atoms with E-state index >= 15 is 0 Å². The highest BCUT2D eigenvalue weighted by molar-refractivity contribution is 5.46. The van der Waals surface area contributed by atoms with Gasteiger partial charge in [0.05, 0.1) is 25.4 Å². The summed E-state index contributed by atoms with van der Waals surface area (Å²) in [5.74, 6) is 4.38. The van der Waals surface area contributed by atoms with Gasteiger partial charge in [-0.2, -0.15) is 5.10 Å². The Kier molecular flexibility index (Phi) is 3.76. The van der Waals surface area contributed by atoms with Crippen molar-refractivity contribution in [3.8, 4) is 0 Å². The van der Waals surface area contributed by atoms with E-state index in [0.29, 0.717) is 19.0 Å². The van der Waals surface area contributed by atoms with Gasteiger partial charge in [-0.25, -0.2) is 4.68 Å². The van der Waals surface area contributed by atoms with E-state index in [1.54, 1.807) is 0 Å². The number of nitrogens with zero attached hydrogens (tertiary/aromatic N) is 2. The molecule has 1 aliphatic carbocycles. The molecule has 5 heteroatoms. The van der Waals surface area contributed by atoms with Crippen LogP contribution in [0, 0.1) is 19.8 Å². The van der Waals surface area contributed by atoms with Crippen molar-refractivity contribution in [1.82, 2.24) is 9.78 Å². The maximum absolute atomic E-state index is 9.12. The summed E-state index contributed by atoms with van der Waals surface area (Å²) in [5.41, 5.74) is 2.10. The Hall–Kier alpha value is -1.75. The van der Waals surface area contributed by atoms with Crippen LogP contribution in [0.4, 0.5) is 5.82 Å². The summed E-state index contributed by atoms with van der Waals surface area (Å²) in [6, 6.07) is 4.14. The van der Waals surface area contributed by atoms with Crippen molar-refractivity contribution in [3.05, 3.63) is 34.9 Å². The molecule has 2 aromatic heterocycles. The van der Waals surface area contributed by atoms with E-state index < -0.39 is 0 Å². The van der Waals surface area contributed by atoms with Crippen LogP contribution in [0.2, 0.25) is 0 Å². The Morgan fingerprint density at radius 2 is 2.19 bits per heavy atom. The number of aryl methyl sites for hydroxylation is 1. The van der Waals surface area contributed by atoms with Gasteiger partial charge < -0.3 is 14.8 Å².